The third-order valence-electron chi connectivity index (χ3n) is 3.03. The standard InChI is InChI=1S/C17H17NO2/c1-13-7-9-14(10-8-13)11-17(20)18-12-16(19)15-5-3-2-4-6-15/h2-10H,11-12H2,1H3,(H,18,20). The zero-order valence-electron chi connectivity index (χ0n) is 11.4. The lowest BCUT2D eigenvalue weighted by Crippen LogP contribution is -2.30. The molecule has 0 spiro atoms. The summed E-state index contributed by atoms with van der Waals surface area (Å²) < 4.78 is 0. The van der Waals surface area contributed by atoms with Gasteiger partial charge in [0, 0.05) is 5.56 Å². The van der Waals surface area contributed by atoms with E-state index in [-0.39, 0.29) is 18.2 Å². The first kappa shape index (κ1) is 14.0. The van der Waals surface area contributed by atoms with E-state index in [1.807, 2.05) is 37.3 Å². The third kappa shape index (κ3) is 4.05. The van der Waals surface area contributed by atoms with Crippen molar-refractivity contribution >= 4 is 11.7 Å². The van der Waals surface area contributed by atoms with Crippen LogP contribution in [-0.4, -0.2) is 18.2 Å². The Bertz CT molecular complexity index is 588. The smallest absolute Gasteiger partial charge is 0.224 e. The number of rotatable bonds is 5. The van der Waals surface area contributed by atoms with E-state index in [2.05, 4.69) is 5.32 Å². The number of benzene rings is 2. The van der Waals surface area contributed by atoms with E-state index in [1.54, 1.807) is 24.3 Å². The SMILES string of the molecule is Cc1ccc(CC(=O)NCC(=O)c2ccccc2)cc1. The number of hydrogen-bond donors (Lipinski definition) is 1. The molecule has 0 aromatic heterocycles. The van der Waals surface area contributed by atoms with E-state index in [4.69, 9.17) is 0 Å². The van der Waals surface area contributed by atoms with Crippen LogP contribution in [0, 0.1) is 6.92 Å². The van der Waals surface area contributed by atoms with Crippen LogP contribution >= 0.6 is 0 Å². The average Bonchev–Trinajstić information content (AvgIpc) is 2.48. The molecule has 0 radical (unpaired) electrons. The third-order valence-corrected chi connectivity index (χ3v) is 3.03. The quantitative estimate of drug-likeness (QED) is 0.846. The Balaban J connectivity index is 1.83. The molecule has 0 bridgehead atoms. The first-order valence-electron chi connectivity index (χ1n) is 6.55. The van der Waals surface area contributed by atoms with Gasteiger partial charge in [0.05, 0.1) is 13.0 Å². The molecular formula is C17H17NO2. The topological polar surface area (TPSA) is 46.2 Å². The van der Waals surface area contributed by atoms with Gasteiger partial charge in [-0.2, -0.15) is 0 Å². The Hall–Kier alpha value is -2.42. The van der Waals surface area contributed by atoms with Crippen LogP contribution in [0.25, 0.3) is 0 Å². The first-order chi connectivity index (χ1) is 9.65. The summed E-state index contributed by atoms with van der Waals surface area (Å²) in [4.78, 5) is 23.6. The predicted molar refractivity (Wildman–Crippen MR) is 78.7 cm³/mol. The minimum atomic E-state index is -0.141. The number of hydrogen-bond acceptors (Lipinski definition) is 2. The van der Waals surface area contributed by atoms with Crippen molar-refractivity contribution < 1.29 is 9.59 Å². The Morgan fingerprint density at radius 3 is 2.25 bits per heavy atom. The van der Waals surface area contributed by atoms with Crippen molar-refractivity contribution in [2.45, 2.75) is 13.3 Å². The second-order valence-electron chi connectivity index (χ2n) is 4.73. The lowest BCUT2D eigenvalue weighted by atomic mass is 10.1. The number of aryl methyl sites for hydroxylation is 1. The monoisotopic (exact) mass is 267 g/mol. The fraction of sp³-hybridized carbons (Fsp3) is 0.176. The Kier molecular flexibility index (Phi) is 4.66. The number of carbonyl (C=O) groups excluding carboxylic acids is 2. The van der Waals surface area contributed by atoms with Crippen LogP contribution in [-0.2, 0) is 11.2 Å². The predicted octanol–water partition coefficient (Wildman–Crippen LogP) is 2.54. The lowest BCUT2D eigenvalue weighted by molar-refractivity contribution is -0.120. The molecule has 0 fully saturated rings. The number of Topliss-reactive ketones (excluding diaryl/α,β-unsaturated/α-hetero) is 1. The zero-order valence-corrected chi connectivity index (χ0v) is 11.4. The molecule has 2 rings (SSSR count). The van der Waals surface area contributed by atoms with Gasteiger partial charge in [-0.3, -0.25) is 9.59 Å². The molecule has 2 aromatic carbocycles. The van der Waals surface area contributed by atoms with Gasteiger partial charge < -0.3 is 5.32 Å². The number of amides is 1. The molecule has 102 valence electrons. The van der Waals surface area contributed by atoms with Crippen LogP contribution in [0.2, 0.25) is 0 Å². The van der Waals surface area contributed by atoms with E-state index in [0.717, 1.165) is 11.1 Å². The molecule has 0 heterocycles. The van der Waals surface area contributed by atoms with Crippen molar-refractivity contribution in [1.29, 1.82) is 0 Å². The van der Waals surface area contributed by atoms with Gasteiger partial charge >= 0.3 is 0 Å². The summed E-state index contributed by atoms with van der Waals surface area (Å²) in [6.45, 7) is 2.04. The molecule has 1 N–H and O–H groups in total. The van der Waals surface area contributed by atoms with Crippen molar-refractivity contribution in [2.24, 2.45) is 0 Å². The highest BCUT2D eigenvalue weighted by Gasteiger charge is 2.08. The molecule has 0 aliphatic rings. The van der Waals surface area contributed by atoms with E-state index in [1.165, 1.54) is 0 Å². The summed E-state index contributed by atoms with van der Waals surface area (Å²) >= 11 is 0. The molecule has 20 heavy (non-hydrogen) atoms. The number of nitrogens with one attached hydrogen (secondary N) is 1. The molecule has 0 saturated heterocycles. The summed E-state index contributed by atoms with van der Waals surface area (Å²) in [5.74, 6) is -0.221. The van der Waals surface area contributed by atoms with Crippen LogP contribution in [0.4, 0.5) is 0 Å². The van der Waals surface area contributed by atoms with Gasteiger partial charge in [0.1, 0.15) is 0 Å². The van der Waals surface area contributed by atoms with Gasteiger partial charge in [0.25, 0.3) is 0 Å². The second-order valence-corrected chi connectivity index (χ2v) is 4.73. The largest absolute Gasteiger partial charge is 0.348 e. The molecule has 0 saturated carbocycles. The highest BCUT2D eigenvalue weighted by atomic mass is 16.2. The maximum absolute atomic E-state index is 11.8. The van der Waals surface area contributed by atoms with E-state index in [9.17, 15) is 9.59 Å². The molecule has 2 aromatic rings. The maximum Gasteiger partial charge on any atom is 0.224 e. The average molecular weight is 267 g/mol. The van der Waals surface area contributed by atoms with E-state index < -0.39 is 0 Å². The Morgan fingerprint density at radius 1 is 0.950 bits per heavy atom. The molecule has 0 unspecified atom stereocenters. The summed E-state index contributed by atoms with van der Waals surface area (Å²) in [5.41, 5.74) is 2.72. The summed E-state index contributed by atoms with van der Waals surface area (Å²) in [5, 5.41) is 2.66. The maximum atomic E-state index is 11.8. The molecular weight excluding hydrogens is 250 g/mol. The molecule has 1 amide bonds. The molecule has 0 atom stereocenters. The van der Waals surface area contributed by atoms with Gasteiger partial charge in [-0.15, -0.1) is 0 Å². The van der Waals surface area contributed by atoms with Crippen molar-refractivity contribution in [3.05, 3.63) is 71.3 Å². The molecule has 0 aliphatic carbocycles. The Morgan fingerprint density at radius 2 is 1.60 bits per heavy atom. The van der Waals surface area contributed by atoms with Crippen LogP contribution in [0.3, 0.4) is 0 Å². The van der Waals surface area contributed by atoms with Gasteiger partial charge in [-0.05, 0) is 12.5 Å². The highest BCUT2D eigenvalue weighted by Crippen LogP contribution is 2.04. The minimum Gasteiger partial charge on any atom is -0.348 e. The van der Waals surface area contributed by atoms with Crippen molar-refractivity contribution in [3.8, 4) is 0 Å². The lowest BCUT2D eigenvalue weighted by Gasteiger charge is -2.05. The highest BCUT2D eigenvalue weighted by molar-refractivity contribution is 5.99. The second kappa shape index (κ2) is 6.66. The normalized spacial score (nSPS) is 10.1. The molecule has 3 heteroatoms. The van der Waals surface area contributed by atoms with E-state index in [0.29, 0.717) is 12.0 Å². The van der Waals surface area contributed by atoms with Crippen LogP contribution in [0.5, 0.6) is 0 Å². The van der Waals surface area contributed by atoms with Crippen LogP contribution in [0.1, 0.15) is 21.5 Å². The number of ketones is 1. The summed E-state index contributed by atoms with van der Waals surface area (Å²) in [7, 11) is 0. The van der Waals surface area contributed by atoms with Gasteiger partial charge in [0.2, 0.25) is 5.91 Å². The van der Waals surface area contributed by atoms with Gasteiger partial charge in [-0.25, -0.2) is 0 Å². The molecule has 0 aliphatic heterocycles. The van der Waals surface area contributed by atoms with Crippen molar-refractivity contribution in [3.63, 3.8) is 0 Å². The molecule has 3 nitrogen and oxygen atoms in total. The zero-order chi connectivity index (χ0) is 14.4. The van der Waals surface area contributed by atoms with Crippen molar-refractivity contribution in [1.82, 2.24) is 5.32 Å². The number of carbonyl (C=O) groups is 2. The van der Waals surface area contributed by atoms with Crippen LogP contribution < -0.4 is 5.32 Å². The summed E-state index contributed by atoms with van der Waals surface area (Å²) in [6, 6.07) is 16.7. The van der Waals surface area contributed by atoms with Gasteiger partial charge in [-0.1, -0.05) is 60.2 Å². The van der Waals surface area contributed by atoms with E-state index >= 15 is 0 Å². The van der Waals surface area contributed by atoms with Crippen molar-refractivity contribution in [2.75, 3.05) is 6.54 Å². The van der Waals surface area contributed by atoms with Gasteiger partial charge in [0.15, 0.2) is 5.78 Å². The fourth-order valence-corrected chi connectivity index (χ4v) is 1.86. The Labute approximate surface area is 118 Å². The minimum absolute atomic E-state index is 0.0364. The summed E-state index contributed by atoms with van der Waals surface area (Å²) in [6.07, 6.45) is 0.294. The first-order valence-corrected chi connectivity index (χ1v) is 6.55. The fourth-order valence-electron chi connectivity index (χ4n) is 1.86. The van der Waals surface area contributed by atoms with Crippen LogP contribution in [0.15, 0.2) is 54.6 Å².